The molecule has 20 heavy (non-hydrogen) atoms. The second kappa shape index (κ2) is 6.16. The van der Waals surface area contributed by atoms with Crippen LogP contribution in [0.4, 0.5) is 5.13 Å². The summed E-state index contributed by atoms with van der Waals surface area (Å²) in [6, 6.07) is 10.7. The highest BCUT2D eigenvalue weighted by atomic mass is 32.2. The first-order valence-electron chi connectivity index (χ1n) is 6.76. The summed E-state index contributed by atoms with van der Waals surface area (Å²) in [5, 5.41) is 10.6. The first-order valence-corrected chi connectivity index (χ1v) is 8.73. The Bertz CT molecular complexity index is 565. The Balaban J connectivity index is 1.92. The summed E-state index contributed by atoms with van der Waals surface area (Å²) < 4.78 is 0. The molecule has 0 amide bonds. The van der Waals surface area contributed by atoms with Gasteiger partial charge < -0.3 is 10.0 Å². The zero-order chi connectivity index (χ0) is 13.9. The van der Waals surface area contributed by atoms with Crippen molar-refractivity contribution >= 4 is 28.2 Å². The second-order valence-corrected chi connectivity index (χ2v) is 7.13. The maximum Gasteiger partial charge on any atom is 0.186 e. The van der Waals surface area contributed by atoms with Crippen molar-refractivity contribution in [2.45, 2.75) is 19.1 Å². The normalized spacial score (nSPS) is 18.4. The molecule has 1 N–H and O–H groups in total. The molecule has 2 aromatic rings. The largest absolute Gasteiger partial charge is 0.391 e. The summed E-state index contributed by atoms with van der Waals surface area (Å²) in [5.41, 5.74) is 2.00. The highest BCUT2D eigenvalue weighted by Gasteiger charge is 2.23. The van der Waals surface area contributed by atoms with E-state index in [9.17, 15) is 5.11 Å². The number of aromatic nitrogens is 1. The Labute approximate surface area is 127 Å². The van der Waals surface area contributed by atoms with Gasteiger partial charge in [-0.1, -0.05) is 41.7 Å². The number of aliphatic hydroxyl groups is 1. The van der Waals surface area contributed by atoms with Crippen molar-refractivity contribution in [2.24, 2.45) is 0 Å². The van der Waals surface area contributed by atoms with Gasteiger partial charge in [0.2, 0.25) is 0 Å². The van der Waals surface area contributed by atoms with Crippen LogP contribution in [0.2, 0.25) is 0 Å². The van der Waals surface area contributed by atoms with Crippen molar-refractivity contribution in [3.8, 4) is 11.3 Å². The van der Waals surface area contributed by atoms with E-state index < -0.39 is 0 Å². The summed E-state index contributed by atoms with van der Waals surface area (Å²) in [7, 11) is 2.12. The van der Waals surface area contributed by atoms with Gasteiger partial charge in [-0.15, -0.1) is 0 Å². The Morgan fingerprint density at radius 3 is 2.80 bits per heavy atom. The molecule has 0 aliphatic carbocycles. The number of thioether (sulfide) groups is 1. The van der Waals surface area contributed by atoms with Crippen molar-refractivity contribution in [1.82, 2.24) is 4.98 Å². The number of anilines is 1. The maximum absolute atomic E-state index is 9.59. The first kappa shape index (κ1) is 13.9. The summed E-state index contributed by atoms with van der Waals surface area (Å²) in [5.74, 6) is 2.41. The number of nitrogens with zero attached hydrogens (tertiary/aromatic N) is 2. The van der Waals surface area contributed by atoms with E-state index in [2.05, 4.69) is 11.9 Å². The molecular weight excluding hydrogens is 288 g/mol. The molecule has 1 unspecified atom stereocenters. The van der Waals surface area contributed by atoms with Gasteiger partial charge in [-0.3, -0.25) is 0 Å². The molecule has 1 aromatic carbocycles. The highest BCUT2D eigenvalue weighted by Crippen LogP contribution is 2.35. The van der Waals surface area contributed by atoms with Crippen LogP contribution < -0.4 is 4.90 Å². The Morgan fingerprint density at radius 2 is 2.15 bits per heavy atom. The van der Waals surface area contributed by atoms with Crippen LogP contribution in [0, 0.1) is 0 Å². The molecule has 1 saturated heterocycles. The molecule has 1 fully saturated rings. The second-order valence-electron chi connectivity index (χ2n) is 4.92. The van der Waals surface area contributed by atoms with Crippen LogP contribution in [0.5, 0.6) is 0 Å². The van der Waals surface area contributed by atoms with Gasteiger partial charge in [0.15, 0.2) is 5.13 Å². The van der Waals surface area contributed by atoms with Crippen LogP contribution >= 0.6 is 23.1 Å². The van der Waals surface area contributed by atoms with Gasteiger partial charge in [0.05, 0.1) is 17.2 Å². The summed E-state index contributed by atoms with van der Waals surface area (Å²) in [6.45, 7) is 0.0507. The van der Waals surface area contributed by atoms with E-state index in [1.54, 1.807) is 11.3 Å². The molecule has 0 radical (unpaired) electrons. The average molecular weight is 306 g/mol. The minimum Gasteiger partial charge on any atom is -0.391 e. The Kier molecular flexibility index (Phi) is 4.29. The van der Waals surface area contributed by atoms with Crippen LogP contribution in [0.15, 0.2) is 30.3 Å². The van der Waals surface area contributed by atoms with Crippen molar-refractivity contribution in [3.05, 3.63) is 35.2 Å². The monoisotopic (exact) mass is 306 g/mol. The summed E-state index contributed by atoms with van der Waals surface area (Å²) in [4.78, 5) is 7.99. The number of hydrogen-bond acceptors (Lipinski definition) is 5. The fourth-order valence-electron chi connectivity index (χ4n) is 2.40. The van der Waals surface area contributed by atoms with Crippen LogP contribution in [-0.2, 0) is 6.61 Å². The topological polar surface area (TPSA) is 36.4 Å². The van der Waals surface area contributed by atoms with Gasteiger partial charge in [-0.2, -0.15) is 11.8 Å². The lowest BCUT2D eigenvalue weighted by Gasteiger charge is -2.22. The standard InChI is InChI=1S/C15H18N2OS2/c1-17(12-7-8-19-10-12)15-16-14(13(9-18)20-15)11-5-3-2-4-6-11/h2-6,12,18H,7-10H2,1H3. The molecule has 0 spiro atoms. The number of benzene rings is 1. The molecule has 3 nitrogen and oxygen atoms in total. The molecule has 0 bridgehead atoms. The van der Waals surface area contributed by atoms with Crippen LogP contribution in [0.25, 0.3) is 11.3 Å². The van der Waals surface area contributed by atoms with E-state index in [1.165, 1.54) is 17.9 Å². The molecule has 1 aliphatic heterocycles. The van der Waals surface area contributed by atoms with Crippen LogP contribution in [0.3, 0.4) is 0 Å². The van der Waals surface area contributed by atoms with E-state index in [-0.39, 0.29) is 6.61 Å². The van der Waals surface area contributed by atoms with E-state index >= 15 is 0 Å². The number of aliphatic hydroxyl groups excluding tert-OH is 1. The molecule has 1 aromatic heterocycles. The van der Waals surface area contributed by atoms with Gasteiger partial charge in [-0.05, 0) is 12.2 Å². The molecular formula is C15H18N2OS2. The molecule has 1 aliphatic rings. The lowest BCUT2D eigenvalue weighted by atomic mass is 10.1. The lowest BCUT2D eigenvalue weighted by molar-refractivity contribution is 0.286. The minimum atomic E-state index is 0.0507. The maximum atomic E-state index is 9.59. The summed E-state index contributed by atoms with van der Waals surface area (Å²) in [6.07, 6.45) is 1.22. The van der Waals surface area contributed by atoms with E-state index in [0.29, 0.717) is 6.04 Å². The van der Waals surface area contributed by atoms with Crippen LogP contribution in [-0.4, -0.2) is 34.7 Å². The Morgan fingerprint density at radius 1 is 1.35 bits per heavy atom. The predicted molar refractivity (Wildman–Crippen MR) is 87.6 cm³/mol. The van der Waals surface area contributed by atoms with Gasteiger partial charge in [0.1, 0.15) is 0 Å². The van der Waals surface area contributed by atoms with Crippen molar-refractivity contribution in [3.63, 3.8) is 0 Å². The zero-order valence-corrected chi connectivity index (χ0v) is 13.1. The van der Waals surface area contributed by atoms with Gasteiger partial charge in [0.25, 0.3) is 0 Å². The van der Waals surface area contributed by atoms with Gasteiger partial charge in [-0.25, -0.2) is 4.98 Å². The highest BCUT2D eigenvalue weighted by molar-refractivity contribution is 7.99. The fourth-order valence-corrected chi connectivity index (χ4v) is 4.65. The third kappa shape index (κ3) is 2.71. The quantitative estimate of drug-likeness (QED) is 0.941. The fraction of sp³-hybridized carbons (Fsp3) is 0.400. The molecule has 3 rings (SSSR count). The minimum absolute atomic E-state index is 0.0507. The zero-order valence-electron chi connectivity index (χ0n) is 11.5. The third-order valence-corrected chi connectivity index (χ3v) is 5.91. The predicted octanol–water partition coefficient (Wildman–Crippen LogP) is 3.24. The average Bonchev–Trinajstić information content (AvgIpc) is 3.17. The number of thiazole rings is 1. The van der Waals surface area contributed by atoms with Crippen molar-refractivity contribution in [1.29, 1.82) is 0 Å². The first-order chi connectivity index (χ1) is 9.79. The smallest absolute Gasteiger partial charge is 0.186 e. The van der Waals surface area contributed by atoms with E-state index in [0.717, 1.165) is 21.3 Å². The molecule has 0 saturated carbocycles. The Hall–Kier alpha value is -1.04. The van der Waals surface area contributed by atoms with Crippen molar-refractivity contribution in [2.75, 3.05) is 23.5 Å². The van der Waals surface area contributed by atoms with E-state index in [4.69, 9.17) is 4.98 Å². The number of hydrogen-bond donors (Lipinski definition) is 1. The summed E-state index contributed by atoms with van der Waals surface area (Å²) >= 11 is 3.61. The molecule has 5 heteroatoms. The van der Waals surface area contributed by atoms with Gasteiger partial charge >= 0.3 is 0 Å². The molecule has 1 atom stereocenters. The SMILES string of the molecule is CN(c1nc(-c2ccccc2)c(CO)s1)C1CCSC1. The lowest BCUT2D eigenvalue weighted by Crippen LogP contribution is -2.31. The number of rotatable bonds is 4. The third-order valence-electron chi connectivity index (χ3n) is 3.63. The van der Waals surface area contributed by atoms with E-state index in [1.807, 2.05) is 42.1 Å². The van der Waals surface area contributed by atoms with Crippen LogP contribution in [0.1, 0.15) is 11.3 Å². The molecule has 106 valence electrons. The van der Waals surface area contributed by atoms with Gasteiger partial charge in [0, 0.05) is 24.4 Å². The molecule has 2 heterocycles. The van der Waals surface area contributed by atoms with Crippen molar-refractivity contribution < 1.29 is 5.11 Å².